The Morgan fingerprint density at radius 3 is 2.75 bits per heavy atom. The predicted molar refractivity (Wildman–Crippen MR) is 62.9 cm³/mol. The Balaban J connectivity index is 1.81. The number of nitrogens with one attached hydrogen (secondary N) is 1. The topological polar surface area (TPSA) is 15.3 Å². The highest BCUT2D eigenvalue weighted by atomic mass is 127. The first-order valence-electron chi connectivity index (χ1n) is 4.59. The van der Waals surface area contributed by atoms with Gasteiger partial charge in [0.2, 0.25) is 0 Å². The van der Waals surface area contributed by atoms with Gasteiger partial charge in [0, 0.05) is 29.3 Å². The van der Waals surface area contributed by atoms with Crippen molar-refractivity contribution in [1.82, 2.24) is 10.2 Å². The molecule has 2 saturated heterocycles. The van der Waals surface area contributed by atoms with E-state index in [4.69, 9.17) is 0 Å². The highest BCUT2D eigenvalue weighted by Gasteiger charge is 2.29. The summed E-state index contributed by atoms with van der Waals surface area (Å²) in [6, 6.07) is 0. The molecule has 2 fully saturated rings. The van der Waals surface area contributed by atoms with E-state index >= 15 is 0 Å². The summed E-state index contributed by atoms with van der Waals surface area (Å²) < 4.78 is 1.28. The maximum absolute atomic E-state index is 3.58. The van der Waals surface area contributed by atoms with Crippen molar-refractivity contribution >= 4 is 34.4 Å². The lowest BCUT2D eigenvalue weighted by atomic mass is 10.4. The number of hydrogen-bond donors (Lipinski definition) is 1. The fourth-order valence-corrected chi connectivity index (χ4v) is 3.93. The number of hydrogen-bond acceptors (Lipinski definition) is 3. The molecule has 2 aliphatic rings. The second-order valence-corrected chi connectivity index (χ2v) is 5.68. The van der Waals surface area contributed by atoms with Gasteiger partial charge in [0.1, 0.15) is 5.50 Å². The summed E-state index contributed by atoms with van der Waals surface area (Å²) >= 11 is 4.60. The molecule has 0 amide bonds. The molecule has 0 radical (unpaired) electrons. The third kappa shape index (κ3) is 2.08. The summed E-state index contributed by atoms with van der Waals surface area (Å²) in [6.07, 6.45) is 2.79. The number of likely N-dealkylation sites (tertiary alicyclic amines) is 1. The Bertz CT molecular complexity index is 150. The quantitative estimate of drug-likeness (QED) is 0.614. The summed E-state index contributed by atoms with van der Waals surface area (Å²) in [5.41, 5.74) is 0.632. The zero-order chi connectivity index (χ0) is 8.39. The van der Waals surface area contributed by atoms with Gasteiger partial charge in [-0.2, -0.15) is 0 Å². The molecule has 0 spiro atoms. The van der Waals surface area contributed by atoms with Crippen molar-refractivity contribution in [3.05, 3.63) is 0 Å². The van der Waals surface area contributed by atoms with Gasteiger partial charge in [0.15, 0.2) is 0 Å². The minimum absolute atomic E-state index is 0.632. The molecule has 0 aromatic carbocycles. The zero-order valence-electron chi connectivity index (χ0n) is 7.13. The molecule has 2 heterocycles. The van der Waals surface area contributed by atoms with Crippen LogP contribution in [0.2, 0.25) is 0 Å². The lowest BCUT2D eigenvalue weighted by Gasteiger charge is -2.22. The molecule has 12 heavy (non-hydrogen) atoms. The molecule has 4 heteroatoms. The van der Waals surface area contributed by atoms with Gasteiger partial charge >= 0.3 is 0 Å². The lowest BCUT2D eigenvalue weighted by Crippen LogP contribution is -2.37. The first kappa shape index (κ1) is 9.55. The maximum Gasteiger partial charge on any atom is 0.108 e. The minimum Gasteiger partial charge on any atom is -0.292 e. The molecule has 2 atom stereocenters. The van der Waals surface area contributed by atoms with Gasteiger partial charge in [-0.3, -0.25) is 10.2 Å². The molecule has 0 aromatic heterocycles. The van der Waals surface area contributed by atoms with E-state index in [1.54, 1.807) is 0 Å². The summed E-state index contributed by atoms with van der Waals surface area (Å²) in [5, 5.41) is 4.43. The molecular formula is C8H15IN2S. The molecule has 2 rings (SSSR count). The van der Waals surface area contributed by atoms with Crippen LogP contribution in [0.3, 0.4) is 0 Å². The molecule has 0 bridgehead atoms. The Morgan fingerprint density at radius 1 is 1.42 bits per heavy atom. The second-order valence-electron chi connectivity index (χ2n) is 3.42. The Labute approximate surface area is 92.0 Å². The van der Waals surface area contributed by atoms with Gasteiger partial charge in [0.25, 0.3) is 0 Å². The molecule has 0 saturated carbocycles. The van der Waals surface area contributed by atoms with Crippen LogP contribution in [0.1, 0.15) is 12.8 Å². The third-order valence-electron chi connectivity index (χ3n) is 2.49. The van der Waals surface area contributed by atoms with Gasteiger partial charge in [0.05, 0.1) is 0 Å². The minimum atomic E-state index is 0.632. The smallest absolute Gasteiger partial charge is 0.108 e. The number of alkyl halides is 1. The number of thioether (sulfide) groups is 1. The van der Waals surface area contributed by atoms with E-state index in [0.29, 0.717) is 5.50 Å². The maximum atomic E-state index is 3.58. The highest BCUT2D eigenvalue weighted by molar-refractivity contribution is 14.1. The summed E-state index contributed by atoms with van der Waals surface area (Å²) in [7, 11) is 0. The van der Waals surface area contributed by atoms with Crippen LogP contribution >= 0.6 is 34.4 Å². The van der Waals surface area contributed by atoms with Crippen molar-refractivity contribution < 1.29 is 0 Å². The fraction of sp³-hybridized carbons (Fsp3) is 1.00. The first-order chi connectivity index (χ1) is 5.90. The summed E-state index contributed by atoms with van der Waals surface area (Å²) in [6.45, 7) is 3.81. The van der Waals surface area contributed by atoms with Gasteiger partial charge in [-0.15, -0.1) is 11.8 Å². The largest absolute Gasteiger partial charge is 0.292 e. The van der Waals surface area contributed by atoms with Crippen molar-refractivity contribution in [2.24, 2.45) is 0 Å². The van der Waals surface area contributed by atoms with E-state index in [2.05, 4.69) is 44.6 Å². The number of nitrogens with zero attached hydrogens (tertiary/aromatic N) is 1. The van der Waals surface area contributed by atoms with Crippen molar-refractivity contribution in [3.8, 4) is 0 Å². The van der Waals surface area contributed by atoms with Crippen molar-refractivity contribution in [2.45, 2.75) is 23.6 Å². The summed E-state index contributed by atoms with van der Waals surface area (Å²) in [4.78, 5) is 2.58. The highest BCUT2D eigenvalue weighted by Crippen LogP contribution is 2.28. The average molecular weight is 298 g/mol. The summed E-state index contributed by atoms with van der Waals surface area (Å²) in [5.74, 6) is 0. The normalized spacial score (nSPS) is 37.8. The molecular weight excluding hydrogens is 283 g/mol. The molecule has 0 unspecified atom stereocenters. The predicted octanol–water partition coefficient (Wildman–Crippen LogP) is 1.51. The van der Waals surface area contributed by atoms with Crippen molar-refractivity contribution in [2.75, 3.05) is 24.1 Å². The van der Waals surface area contributed by atoms with Crippen LogP contribution in [0.15, 0.2) is 0 Å². The molecule has 2 nitrogen and oxygen atoms in total. The molecule has 0 aliphatic carbocycles. The van der Waals surface area contributed by atoms with E-state index in [1.807, 2.05) is 0 Å². The van der Waals surface area contributed by atoms with Crippen LogP contribution in [0, 0.1) is 0 Å². The van der Waals surface area contributed by atoms with Gasteiger partial charge in [-0.05, 0) is 12.8 Å². The van der Waals surface area contributed by atoms with E-state index in [9.17, 15) is 0 Å². The van der Waals surface area contributed by atoms with E-state index in [-0.39, 0.29) is 0 Å². The van der Waals surface area contributed by atoms with E-state index < -0.39 is 0 Å². The first-order valence-corrected chi connectivity index (χ1v) is 7.06. The van der Waals surface area contributed by atoms with Gasteiger partial charge < -0.3 is 0 Å². The van der Waals surface area contributed by atoms with Crippen LogP contribution in [-0.4, -0.2) is 39.7 Å². The third-order valence-corrected chi connectivity index (χ3v) is 5.59. The molecule has 1 N–H and O–H groups in total. The van der Waals surface area contributed by atoms with Crippen molar-refractivity contribution in [1.29, 1.82) is 0 Å². The SMILES string of the molecule is IC[C@H]1CN[C@@H](N2CCCC2)S1. The van der Waals surface area contributed by atoms with Crippen molar-refractivity contribution in [3.63, 3.8) is 0 Å². The van der Waals surface area contributed by atoms with Crippen LogP contribution in [0.4, 0.5) is 0 Å². The molecule has 70 valence electrons. The van der Waals surface area contributed by atoms with Gasteiger partial charge in [-0.25, -0.2) is 0 Å². The number of rotatable bonds is 2. The Hall–Kier alpha value is 1.000. The lowest BCUT2D eigenvalue weighted by molar-refractivity contribution is 0.291. The number of halogens is 1. The Morgan fingerprint density at radius 2 is 2.17 bits per heavy atom. The van der Waals surface area contributed by atoms with Crippen LogP contribution in [-0.2, 0) is 0 Å². The average Bonchev–Trinajstić information content (AvgIpc) is 2.75. The van der Waals surface area contributed by atoms with Gasteiger partial charge in [-0.1, -0.05) is 22.6 Å². The van der Waals surface area contributed by atoms with Crippen LogP contribution in [0.25, 0.3) is 0 Å². The molecule has 0 aromatic rings. The fourth-order valence-electron chi connectivity index (χ4n) is 1.79. The monoisotopic (exact) mass is 298 g/mol. The van der Waals surface area contributed by atoms with E-state index in [1.165, 1.54) is 36.9 Å². The van der Waals surface area contributed by atoms with E-state index in [0.717, 1.165) is 5.25 Å². The standard InChI is InChI=1S/C8H15IN2S/c9-5-7-6-10-8(12-7)11-3-1-2-4-11/h7-8,10H,1-6H2/t7-,8-/m0/s1. The Kier molecular flexibility index (Phi) is 3.57. The van der Waals surface area contributed by atoms with Crippen LogP contribution < -0.4 is 5.32 Å². The second kappa shape index (κ2) is 4.48. The zero-order valence-corrected chi connectivity index (χ0v) is 10.1. The molecule has 2 aliphatic heterocycles. The van der Waals surface area contributed by atoms with Crippen LogP contribution in [0.5, 0.6) is 0 Å².